The summed E-state index contributed by atoms with van der Waals surface area (Å²) in [6.07, 6.45) is 7.64. The number of carboxylic acid groups (broad SMARTS) is 1. The molecule has 0 bridgehead atoms. The fourth-order valence-corrected chi connectivity index (χ4v) is 6.02. The van der Waals surface area contributed by atoms with Crippen molar-refractivity contribution in [1.29, 1.82) is 0 Å². The van der Waals surface area contributed by atoms with Crippen molar-refractivity contribution in [2.75, 3.05) is 50.0 Å². The van der Waals surface area contributed by atoms with Crippen LogP contribution in [0.1, 0.15) is 55.7 Å². The summed E-state index contributed by atoms with van der Waals surface area (Å²) in [5, 5.41) is 8.45. The molecule has 3 N–H and O–H groups in total. The molecule has 3 aliphatic rings. The molecule has 0 unspecified atom stereocenters. The first-order valence-corrected chi connectivity index (χ1v) is 15.7. The van der Waals surface area contributed by atoms with E-state index in [1.54, 1.807) is 6.92 Å². The average Bonchev–Trinajstić information content (AvgIpc) is 3.54. The SMILES string of the molecule is CCC(=O)O.Nc1nc2c(c(N3CCN(CCOC4CCCC4)CC3)n1)CCc1cc(OCc3ccc(Cl)cc3)ccc1-2. The van der Waals surface area contributed by atoms with Gasteiger partial charge >= 0.3 is 5.97 Å². The molecule has 1 aromatic heterocycles. The lowest BCUT2D eigenvalue weighted by Gasteiger charge is -2.37. The molecule has 0 radical (unpaired) electrons. The minimum atomic E-state index is -0.745. The quantitative estimate of drug-likeness (QED) is 0.320. The molecule has 9 nitrogen and oxygen atoms in total. The van der Waals surface area contributed by atoms with Crippen LogP contribution in [-0.2, 0) is 29.0 Å². The van der Waals surface area contributed by atoms with Crippen molar-refractivity contribution >= 4 is 29.3 Å². The number of carboxylic acids is 1. The maximum atomic E-state index is 9.37. The maximum Gasteiger partial charge on any atom is 0.303 e. The number of nitrogens with zero attached hydrogens (tertiary/aromatic N) is 4. The Kier molecular flexibility index (Phi) is 10.7. The van der Waals surface area contributed by atoms with E-state index in [4.69, 9.17) is 41.9 Å². The lowest BCUT2D eigenvalue weighted by molar-refractivity contribution is -0.136. The van der Waals surface area contributed by atoms with Crippen LogP contribution in [0.15, 0.2) is 42.5 Å². The lowest BCUT2D eigenvalue weighted by atomic mass is 9.88. The zero-order chi connectivity index (χ0) is 30.2. The van der Waals surface area contributed by atoms with Crippen molar-refractivity contribution in [1.82, 2.24) is 14.9 Å². The van der Waals surface area contributed by atoms with Crippen LogP contribution in [0.4, 0.5) is 11.8 Å². The summed E-state index contributed by atoms with van der Waals surface area (Å²) >= 11 is 6.00. The lowest BCUT2D eigenvalue weighted by Crippen LogP contribution is -2.48. The van der Waals surface area contributed by atoms with E-state index in [0.29, 0.717) is 18.7 Å². The number of ether oxygens (including phenoxy) is 2. The summed E-state index contributed by atoms with van der Waals surface area (Å²) in [5.41, 5.74) is 11.9. The maximum absolute atomic E-state index is 9.37. The predicted octanol–water partition coefficient (Wildman–Crippen LogP) is 5.62. The van der Waals surface area contributed by atoms with Crippen molar-refractivity contribution < 1.29 is 19.4 Å². The van der Waals surface area contributed by atoms with Gasteiger partial charge in [-0.25, -0.2) is 4.98 Å². The van der Waals surface area contributed by atoms with Crippen LogP contribution in [0.3, 0.4) is 0 Å². The van der Waals surface area contributed by atoms with Crippen molar-refractivity contribution in [3.05, 3.63) is 64.2 Å². The van der Waals surface area contributed by atoms with Crippen molar-refractivity contribution in [2.45, 2.75) is 64.6 Å². The molecule has 0 amide bonds. The second-order valence-corrected chi connectivity index (χ2v) is 11.8. The molecule has 1 aliphatic heterocycles. The number of halogens is 1. The van der Waals surface area contributed by atoms with Crippen LogP contribution in [-0.4, -0.2) is 71.4 Å². The van der Waals surface area contributed by atoms with Gasteiger partial charge in [-0.2, -0.15) is 4.98 Å². The number of aliphatic carboxylic acids is 1. The molecule has 0 atom stereocenters. The Bertz CT molecular complexity index is 1370. The Morgan fingerprint density at radius 3 is 2.47 bits per heavy atom. The number of fused-ring (bicyclic) bond motifs is 3. The minimum Gasteiger partial charge on any atom is -0.489 e. The number of aryl methyl sites for hydroxylation is 1. The molecule has 230 valence electrons. The van der Waals surface area contributed by atoms with Crippen LogP contribution in [0, 0.1) is 0 Å². The van der Waals surface area contributed by atoms with E-state index in [2.05, 4.69) is 21.9 Å². The van der Waals surface area contributed by atoms with Crippen LogP contribution in [0.25, 0.3) is 11.3 Å². The van der Waals surface area contributed by atoms with Crippen molar-refractivity contribution in [3.8, 4) is 17.0 Å². The van der Waals surface area contributed by atoms with Gasteiger partial charge in [0.15, 0.2) is 0 Å². The predicted molar refractivity (Wildman–Crippen MR) is 170 cm³/mol. The van der Waals surface area contributed by atoms with Gasteiger partial charge in [0.1, 0.15) is 18.2 Å². The average molecular weight is 608 g/mol. The largest absolute Gasteiger partial charge is 0.489 e. The Labute approximate surface area is 259 Å². The summed E-state index contributed by atoms with van der Waals surface area (Å²) in [6, 6.07) is 14.0. The van der Waals surface area contributed by atoms with E-state index < -0.39 is 5.97 Å². The third kappa shape index (κ3) is 8.37. The first-order chi connectivity index (χ1) is 20.9. The number of nitrogen functional groups attached to an aromatic ring is 1. The standard InChI is InChI=1S/C30H36ClN5O2.C3H6O2/c31-23-8-5-21(6-9-23)20-38-25-10-12-26-22(19-25)7-11-27-28(26)33-30(32)34-29(27)36-15-13-35(14-16-36)17-18-37-24-3-1-2-4-24;1-2-3(4)5/h5-6,8-10,12,19,24H,1-4,7,11,13-18,20H2,(H2,32,33,34);2H2,1H3,(H,4,5). The molecular formula is C33H42ClN5O4. The number of benzene rings is 2. The Morgan fingerprint density at radius 1 is 1.05 bits per heavy atom. The first kappa shape index (κ1) is 31.0. The van der Waals surface area contributed by atoms with E-state index in [0.717, 1.165) is 85.6 Å². The number of piperazine rings is 1. The van der Waals surface area contributed by atoms with Gasteiger partial charge in [-0.15, -0.1) is 0 Å². The Hall–Kier alpha value is -3.40. The second-order valence-electron chi connectivity index (χ2n) is 11.3. The third-order valence-corrected chi connectivity index (χ3v) is 8.59. The van der Waals surface area contributed by atoms with Gasteiger partial charge in [-0.3, -0.25) is 9.69 Å². The van der Waals surface area contributed by atoms with Crippen LogP contribution in [0.2, 0.25) is 5.02 Å². The molecule has 2 fully saturated rings. The van der Waals surface area contributed by atoms with Crippen molar-refractivity contribution in [3.63, 3.8) is 0 Å². The number of carbonyl (C=O) groups is 1. The zero-order valence-corrected chi connectivity index (χ0v) is 25.7. The van der Waals surface area contributed by atoms with E-state index in [9.17, 15) is 4.79 Å². The zero-order valence-electron chi connectivity index (χ0n) is 24.9. The van der Waals surface area contributed by atoms with Crippen LogP contribution in [0.5, 0.6) is 5.75 Å². The van der Waals surface area contributed by atoms with E-state index in [1.807, 2.05) is 30.3 Å². The Morgan fingerprint density at radius 2 is 1.77 bits per heavy atom. The number of hydrogen-bond acceptors (Lipinski definition) is 8. The first-order valence-electron chi connectivity index (χ1n) is 15.4. The second kappa shape index (κ2) is 14.9. The highest BCUT2D eigenvalue weighted by molar-refractivity contribution is 6.30. The number of anilines is 2. The molecule has 3 aromatic rings. The van der Waals surface area contributed by atoms with Gasteiger partial charge in [0.05, 0.1) is 18.4 Å². The molecular weight excluding hydrogens is 566 g/mol. The molecule has 6 rings (SSSR count). The monoisotopic (exact) mass is 607 g/mol. The smallest absolute Gasteiger partial charge is 0.303 e. The van der Waals surface area contributed by atoms with Gasteiger partial charge in [-0.1, -0.05) is 43.5 Å². The topological polar surface area (TPSA) is 114 Å². The number of nitrogens with two attached hydrogens (primary N) is 1. The number of hydrogen-bond donors (Lipinski definition) is 2. The summed E-state index contributed by atoms with van der Waals surface area (Å²) in [5.74, 6) is 1.45. The minimum absolute atomic E-state index is 0.222. The summed E-state index contributed by atoms with van der Waals surface area (Å²) in [6.45, 7) is 7.85. The van der Waals surface area contributed by atoms with Gasteiger partial charge in [0.25, 0.3) is 0 Å². The fraction of sp³-hybridized carbons (Fsp3) is 0.485. The molecule has 2 aliphatic carbocycles. The van der Waals surface area contributed by atoms with E-state index >= 15 is 0 Å². The van der Waals surface area contributed by atoms with Crippen LogP contribution < -0.4 is 15.4 Å². The fourth-order valence-electron chi connectivity index (χ4n) is 5.89. The number of aromatic nitrogens is 2. The van der Waals surface area contributed by atoms with Gasteiger partial charge in [0, 0.05) is 55.3 Å². The molecule has 43 heavy (non-hydrogen) atoms. The summed E-state index contributed by atoms with van der Waals surface area (Å²) < 4.78 is 12.2. The molecule has 1 saturated heterocycles. The van der Waals surface area contributed by atoms with Crippen LogP contribution >= 0.6 is 11.6 Å². The highest BCUT2D eigenvalue weighted by Crippen LogP contribution is 2.38. The molecule has 0 spiro atoms. The Balaban J connectivity index is 0.000000682. The van der Waals surface area contributed by atoms with E-state index in [-0.39, 0.29) is 6.42 Å². The highest BCUT2D eigenvalue weighted by atomic mass is 35.5. The molecule has 2 aromatic carbocycles. The normalized spacial score (nSPS) is 16.7. The molecule has 1 saturated carbocycles. The summed E-state index contributed by atoms with van der Waals surface area (Å²) in [7, 11) is 0. The van der Waals surface area contributed by atoms with E-state index in [1.165, 1.54) is 36.8 Å². The molecule has 10 heteroatoms. The number of rotatable bonds is 9. The third-order valence-electron chi connectivity index (χ3n) is 8.34. The van der Waals surface area contributed by atoms with Gasteiger partial charge in [-0.05, 0) is 67.1 Å². The molecule has 2 heterocycles. The highest BCUT2D eigenvalue weighted by Gasteiger charge is 2.27. The summed E-state index contributed by atoms with van der Waals surface area (Å²) in [4.78, 5) is 23.7. The van der Waals surface area contributed by atoms with Crippen molar-refractivity contribution in [2.24, 2.45) is 0 Å². The van der Waals surface area contributed by atoms with Gasteiger partial charge in [0.2, 0.25) is 5.95 Å². The van der Waals surface area contributed by atoms with Gasteiger partial charge < -0.3 is 25.2 Å².